The highest BCUT2D eigenvalue weighted by atomic mass is 15.2. The first-order valence-electron chi connectivity index (χ1n) is 7.37. The molecule has 0 radical (unpaired) electrons. The number of piperidine rings is 1. The summed E-state index contributed by atoms with van der Waals surface area (Å²) in [4.78, 5) is 7.73. The van der Waals surface area contributed by atoms with E-state index in [1.807, 2.05) is 0 Å². The van der Waals surface area contributed by atoms with Crippen LogP contribution in [0.4, 0.5) is 0 Å². The third kappa shape index (κ3) is 4.57. The maximum atomic E-state index is 2.66. The van der Waals surface area contributed by atoms with Crippen LogP contribution in [0, 0.1) is 5.92 Å². The Labute approximate surface area is 107 Å². The van der Waals surface area contributed by atoms with E-state index in [4.69, 9.17) is 0 Å². The molecule has 17 heavy (non-hydrogen) atoms. The highest BCUT2D eigenvalue weighted by molar-refractivity contribution is 4.72. The lowest BCUT2D eigenvalue weighted by Gasteiger charge is -2.34. The summed E-state index contributed by atoms with van der Waals surface area (Å²) in [6.45, 7) is 12.7. The van der Waals surface area contributed by atoms with Gasteiger partial charge >= 0.3 is 0 Å². The van der Waals surface area contributed by atoms with Crippen molar-refractivity contribution in [2.45, 2.75) is 26.2 Å². The maximum Gasteiger partial charge on any atom is 0.0110 e. The van der Waals surface area contributed by atoms with Gasteiger partial charge in [-0.25, -0.2) is 0 Å². The number of hydrogen-bond donors (Lipinski definition) is 0. The number of piperazine rings is 1. The lowest BCUT2D eigenvalue weighted by Crippen LogP contribution is -2.45. The fraction of sp³-hybridized carbons (Fsp3) is 1.00. The highest BCUT2D eigenvalue weighted by Crippen LogP contribution is 2.15. The molecule has 2 rings (SSSR count). The molecule has 0 spiro atoms. The van der Waals surface area contributed by atoms with Crippen molar-refractivity contribution in [1.29, 1.82) is 0 Å². The smallest absolute Gasteiger partial charge is 0.0110 e. The van der Waals surface area contributed by atoms with Gasteiger partial charge in [-0.15, -0.1) is 0 Å². The van der Waals surface area contributed by atoms with E-state index in [-0.39, 0.29) is 0 Å². The first kappa shape index (κ1) is 13.3. The minimum absolute atomic E-state index is 0.962. The molecule has 0 unspecified atom stereocenters. The van der Waals surface area contributed by atoms with Crippen LogP contribution in [0.2, 0.25) is 0 Å². The van der Waals surface area contributed by atoms with Crippen LogP contribution in [0.3, 0.4) is 0 Å². The summed E-state index contributed by atoms with van der Waals surface area (Å²) in [5.41, 5.74) is 0. The summed E-state index contributed by atoms with van der Waals surface area (Å²) in [5.74, 6) is 0.962. The fourth-order valence-corrected chi connectivity index (χ4v) is 2.88. The molecule has 0 atom stereocenters. The van der Waals surface area contributed by atoms with Crippen LogP contribution < -0.4 is 0 Å². The lowest BCUT2D eigenvalue weighted by molar-refractivity contribution is 0.138. The van der Waals surface area contributed by atoms with E-state index in [2.05, 4.69) is 28.7 Å². The molecule has 100 valence electrons. The van der Waals surface area contributed by atoms with Gasteiger partial charge in [-0.05, 0) is 58.4 Å². The van der Waals surface area contributed by atoms with Crippen LogP contribution in [-0.2, 0) is 0 Å². The van der Waals surface area contributed by atoms with Crippen LogP contribution in [0.5, 0.6) is 0 Å². The molecule has 3 heteroatoms. The lowest BCUT2D eigenvalue weighted by atomic mass is 9.99. The van der Waals surface area contributed by atoms with Gasteiger partial charge in [-0.3, -0.25) is 0 Å². The van der Waals surface area contributed by atoms with Crippen molar-refractivity contribution in [3.8, 4) is 0 Å². The van der Waals surface area contributed by atoms with E-state index in [0.717, 1.165) is 5.92 Å². The zero-order valence-electron chi connectivity index (χ0n) is 11.7. The summed E-state index contributed by atoms with van der Waals surface area (Å²) in [7, 11) is 2.23. The number of nitrogens with zero attached hydrogens (tertiary/aromatic N) is 3. The van der Waals surface area contributed by atoms with Crippen LogP contribution in [0.15, 0.2) is 0 Å². The summed E-state index contributed by atoms with van der Waals surface area (Å²) in [6, 6.07) is 0. The van der Waals surface area contributed by atoms with Gasteiger partial charge in [0.05, 0.1) is 0 Å². The molecule has 0 bridgehead atoms. The van der Waals surface area contributed by atoms with E-state index < -0.39 is 0 Å². The molecule has 0 aromatic heterocycles. The van der Waals surface area contributed by atoms with E-state index in [1.54, 1.807) is 0 Å². The van der Waals surface area contributed by atoms with Gasteiger partial charge in [-0.2, -0.15) is 0 Å². The molecule has 3 nitrogen and oxygen atoms in total. The summed E-state index contributed by atoms with van der Waals surface area (Å²) in [5, 5.41) is 0. The predicted octanol–water partition coefficient (Wildman–Crippen LogP) is 1.36. The minimum atomic E-state index is 0.962. The van der Waals surface area contributed by atoms with Crippen molar-refractivity contribution in [3.05, 3.63) is 0 Å². The van der Waals surface area contributed by atoms with E-state index in [9.17, 15) is 0 Å². The maximum absolute atomic E-state index is 2.66. The minimum Gasteiger partial charge on any atom is -0.304 e. The topological polar surface area (TPSA) is 9.72 Å². The average Bonchev–Trinajstić information content (AvgIpc) is 2.34. The SMILES string of the molecule is CC1CCN(CCCN2CCN(C)CC2)CC1. The Morgan fingerprint density at radius 1 is 0.824 bits per heavy atom. The zero-order valence-corrected chi connectivity index (χ0v) is 11.7. The molecule has 0 aromatic rings. The van der Waals surface area contributed by atoms with E-state index in [1.165, 1.54) is 71.6 Å². The van der Waals surface area contributed by atoms with Crippen LogP contribution in [-0.4, -0.2) is 74.1 Å². The molecule has 0 N–H and O–H groups in total. The summed E-state index contributed by atoms with van der Waals surface area (Å²) < 4.78 is 0. The van der Waals surface area contributed by atoms with Gasteiger partial charge < -0.3 is 14.7 Å². The van der Waals surface area contributed by atoms with Gasteiger partial charge in [-0.1, -0.05) is 6.92 Å². The second-order valence-corrected chi connectivity index (χ2v) is 6.02. The second kappa shape index (κ2) is 6.72. The molecule has 0 aliphatic carbocycles. The average molecular weight is 239 g/mol. The molecule has 2 aliphatic rings. The number of rotatable bonds is 4. The number of likely N-dealkylation sites (N-methyl/N-ethyl adjacent to an activating group) is 1. The van der Waals surface area contributed by atoms with Crippen molar-refractivity contribution in [1.82, 2.24) is 14.7 Å². The van der Waals surface area contributed by atoms with Crippen molar-refractivity contribution in [2.75, 3.05) is 59.4 Å². The standard InChI is InChI=1S/C14H29N3/c1-14-4-8-16(9-5-14)6-3-7-17-12-10-15(2)11-13-17/h14H,3-13H2,1-2H3. The Morgan fingerprint density at radius 3 is 1.94 bits per heavy atom. The molecule has 0 amide bonds. The third-order valence-electron chi connectivity index (χ3n) is 4.42. The monoisotopic (exact) mass is 239 g/mol. The Hall–Kier alpha value is -0.120. The zero-order chi connectivity index (χ0) is 12.1. The van der Waals surface area contributed by atoms with Crippen LogP contribution in [0.1, 0.15) is 26.2 Å². The molecule has 2 fully saturated rings. The number of hydrogen-bond acceptors (Lipinski definition) is 3. The molecule has 2 aliphatic heterocycles. The third-order valence-corrected chi connectivity index (χ3v) is 4.42. The fourth-order valence-electron chi connectivity index (χ4n) is 2.88. The predicted molar refractivity (Wildman–Crippen MR) is 73.4 cm³/mol. The molecule has 2 saturated heterocycles. The number of likely N-dealkylation sites (tertiary alicyclic amines) is 1. The van der Waals surface area contributed by atoms with Crippen molar-refractivity contribution >= 4 is 0 Å². The van der Waals surface area contributed by atoms with Crippen molar-refractivity contribution in [3.63, 3.8) is 0 Å². The Bertz CT molecular complexity index is 182. The Morgan fingerprint density at radius 2 is 1.35 bits per heavy atom. The first-order chi connectivity index (χ1) is 8.24. The van der Waals surface area contributed by atoms with Gasteiger partial charge in [0, 0.05) is 26.2 Å². The highest BCUT2D eigenvalue weighted by Gasteiger charge is 2.16. The molecular weight excluding hydrogens is 210 g/mol. The molecule has 2 heterocycles. The largest absolute Gasteiger partial charge is 0.304 e. The quantitative estimate of drug-likeness (QED) is 0.733. The van der Waals surface area contributed by atoms with Crippen LogP contribution in [0.25, 0.3) is 0 Å². The normalized spacial score (nSPS) is 26.5. The van der Waals surface area contributed by atoms with Gasteiger partial charge in [0.2, 0.25) is 0 Å². The van der Waals surface area contributed by atoms with Gasteiger partial charge in [0.25, 0.3) is 0 Å². The van der Waals surface area contributed by atoms with E-state index >= 15 is 0 Å². The van der Waals surface area contributed by atoms with Crippen molar-refractivity contribution in [2.24, 2.45) is 5.92 Å². The van der Waals surface area contributed by atoms with Crippen molar-refractivity contribution < 1.29 is 0 Å². The molecule has 0 aromatic carbocycles. The Kier molecular flexibility index (Phi) is 5.26. The van der Waals surface area contributed by atoms with Gasteiger partial charge in [0.1, 0.15) is 0 Å². The summed E-state index contributed by atoms with van der Waals surface area (Å²) >= 11 is 0. The Balaban J connectivity index is 1.54. The molecular formula is C14H29N3. The molecule has 0 saturated carbocycles. The van der Waals surface area contributed by atoms with Gasteiger partial charge in [0.15, 0.2) is 0 Å². The van der Waals surface area contributed by atoms with E-state index in [0.29, 0.717) is 0 Å². The van der Waals surface area contributed by atoms with Crippen LogP contribution >= 0.6 is 0 Å². The first-order valence-corrected chi connectivity index (χ1v) is 7.37. The summed E-state index contributed by atoms with van der Waals surface area (Å²) in [6.07, 6.45) is 4.18. The second-order valence-electron chi connectivity index (χ2n) is 6.02.